The third-order valence-corrected chi connectivity index (χ3v) is 7.21. The van der Waals surface area contributed by atoms with E-state index in [4.69, 9.17) is 0 Å². The second kappa shape index (κ2) is 13.9. The minimum absolute atomic E-state index is 0. The summed E-state index contributed by atoms with van der Waals surface area (Å²) in [7, 11) is 0. The summed E-state index contributed by atoms with van der Waals surface area (Å²) in [5, 5.41) is 8.14. The fourth-order valence-corrected chi connectivity index (χ4v) is 4.95. The molecule has 0 bridgehead atoms. The van der Waals surface area contributed by atoms with E-state index in [1.54, 1.807) is 0 Å². The smallest absolute Gasteiger partial charge is 0.0623 e. The monoisotopic (exact) mass is 616 g/mol. The molecule has 0 heterocycles. The zero-order valence-electron chi connectivity index (χ0n) is 25.4. The van der Waals surface area contributed by atoms with Crippen LogP contribution in [0.5, 0.6) is 0 Å². The van der Waals surface area contributed by atoms with Crippen molar-refractivity contribution in [2.24, 2.45) is 0 Å². The quantitative estimate of drug-likeness (QED) is 0.127. The van der Waals surface area contributed by atoms with Crippen molar-refractivity contribution in [1.82, 2.24) is 0 Å². The molecule has 0 spiro atoms. The van der Waals surface area contributed by atoms with Crippen molar-refractivity contribution in [1.29, 1.82) is 0 Å². The van der Waals surface area contributed by atoms with Crippen LogP contribution in [0.4, 0.5) is 0 Å². The van der Waals surface area contributed by atoms with Gasteiger partial charge in [-0.25, -0.2) is 0 Å². The van der Waals surface area contributed by atoms with Gasteiger partial charge in [-0.2, -0.15) is 0 Å². The average molecular weight is 618 g/mol. The Kier molecular flexibility index (Phi) is 11.7. The van der Waals surface area contributed by atoms with Crippen LogP contribution in [0.15, 0.2) is 109 Å². The predicted molar refractivity (Wildman–Crippen MR) is 178 cm³/mol. The van der Waals surface area contributed by atoms with E-state index in [9.17, 15) is 0 Å². The molecule has 0 saturated carbocycles. The van der Waals surface area contributed by atoms with Crippen molar-refractivity contribution < 1.29 is 23.3 Å². The summed E-state index contributed by atoms with van der Waals surface area (Å²) in [6.45, 7) is 16.7. The second-order valence-corrected chi connectivity index (χ2v) is 11.9. The molecule has 0 nitrogen and oxygen atoms in total. The van der Waals surface area contributed by atoms with Crippen molar-refractivity contribution in [2.75, 3.05) is 0 Å². The summed E-state index contributed by atoms with van der Waals surface area (Å²) in [6, 6.07) is 39.5. The molecule has 0 fully saturated rings. The van der Waals surface area contributed by atoms with E-state index < -0.39 is 0 Å². The van der Waals surface area contributed by atoms with Crippen LogP contribution in [-0.2, 0) is 34.2 Å². The van der Waals surface area contributed by atoms with Crippen molar-refractivity contribution in [2.45, 2.75) is 52.4 Å². The molecule has 6 aromatic rings. The van der Waals surface area contributed by atoms with Crippen LogP contribution >= 0.6 is 0 Å². The van der Waals surface area contributed by atoms with E-state index in [0.717, 1.165) is 0 Å². The Hall–Kier alpha value is -2.54. The van der Waals surface area contributed by atoms with Crippen molar-refractivity contribution in [3.8, 4) is 11.1 Å². The Labute approximate surface area is 259 Å². The van der Waals surface area contributed by atoms with E-state index in [2.05, 4.69) is 158 Å². The second-order valence-electron chi connectivity index (χ2n) is 11.9. The van der Waals surface area contributed by atoms with E-state index in [0.29, 0.717) is 0 Å². The maximum Gasteiger partial charge on any atom is -0.0623 e. The van der Waals surface area contributed by atoms with Crippen LogP contribution in [0, 0.1) is 14.9 Å². The number of benzene rings is 4. The van der Waals surface area contributed by atoms with E-state index >= 15 is 0 Å². The Morgan fingerprint density at radius 1 is 0.550 bits per heavy atom. The zero-order chi connectivity index (χ0) is 27.5. The first kappa shape index (κ1) is 33.7. The predicted octanol–water partition coefficient (Wildman–Crippen LogP) is 11.0. The Morgan fingerprint density at radius 3 is 1.52 bits per heavy atom. The van der Waals surface area contributed by atoms with Crippen molar-refractivity contribution >= 4 is 39.2 Å². The molecule has 0 N–H and O–H groups in total. The molecule has 2 radical (unpaired) electrons. The van der Waals surface area contributed by atoms with Gasteiger partial charge in [0, 0.05) is 0 Å². The summed E-state index contributed by atoms with van der Waals surface area (Å²) < 4.78 is 0. The molecule has 0 amide bonds. The maximum atomic E-state index is 3.06. The largest absolute Gasteiger partial charge is 0.150 e. The van der Waals surface area contributed by atoms with E-state index in [-0.39, 0.29) is 25.7 Å². The fraction of sp³-hybridized carbons (Fsp3) is 0.211. The minimum atomic E-state index is 0. The number of fused-ring (bicyclic) bond motifs is 4. The molecule has 0 saturated heterocycles. The third kappa shape index (κ3) is 7.39. The normalized spacial score (nSPS) is 11.0. The summed E-state index contributed by atoms with van der Waals surface area (Å²) in [6.07, 6.45) is 0. The number of hydrogen-bond acceptors (Lipinski definition) is 0. The van der Waals surface area contributed by atoms with Gasteiger partial charge in [0.05, 0.1) is 0 Å². The maximum absolute atomic E-state index is 3.06. The van der Waals surface area contributed by atoms with Crippen LogP contribution in [0.3, 0.4) is 0 Å². The molecule has 0 unspecified atom stereocenters. The third-order valence-electron chi connectivity index (χ3n) is 7.21. The van der Waals surface area contributed by atoms with Crippen molar-refractivity contribution in [3.05, 3.63) is 135 Å². The van der Waals surface area contributed by atoms with E-state index in [1.807, 2.05) is 0 Å². The molecule has 0 aliphatic heterocycles. The molecule has 6 rings (SSSR count). The van der Waals surface area contributed by atoms with E-state index in [1.165, 1.54) is 77.9 Å². The minimum Gasteiger partial charge on any atom is -0.150 e. The van der Waals surface area contributed by atoms with Crippen LogP contribution < -0.4 is 0 Å². The summed E-state index contributed by atoms with van der Waals surface area (Å²) in [5.74, 6) is 0. The molecule has 40 heavy (non-hydrogen) atoms. The molecule has 0 atom stereocenters. The molecule has 2 heteroatoms. The van der Waals surface area contributed by atoms with Gasteiger partial charge in [0.1, 0.15) is 0 Å². The van der Waals surface area contributed by atoms with Crippen LogP contribution in [0.1, 0.15) is 52.7 Å². The Morgan fingerprint density at radius 2 is 1.02 bits per heavy atom. The summed E-state index contributed by atoms with van der Waals surface area (Å²) in [4.78, 5) is 0. The first-order valence-electron chi connectivity index (χ1n) is 13.2. The molecule has 6 aromatic carbocycles. The van der Waals surface area contributed by atoms with Gasteiger partial charge in [0.2, 0.25) is 0 Å². The zero-order valence-corrected chi connectivity index (χ0v) is 28.9. The van der Waals surface area contributed by atoms with Crippen LogP contribution in [0.2, 0.25) is 0 Å². The van der Waals surface area contributed by atoms with Gasteiger partial charge in [0.15, 0.2) is 0 Å². The molecular weight excluding hydrogens is 576 g/mol. The summed E-state index contributed by atoms with van der Waals surface area (Å²) in [5.41, 5.74) is 5.82. The van der Waals surface area contributed by atoms with Gasteiger partial charge in [-0.1, -0.05) is 119 Å². The molecule has 206 valence electrons. The van der Waals surface area contributed by atoms with Gasteiger partial charge < -0.3 is 14.9 Å². The molecular formula is C38H42SiZr-4. The first-order valence-corrected chi connectivity index (χ1v) is 17.4. The standard InChI is InChI=1S/C21H25.C15H11.2CH3.Si.Zr/c1-20(2,3)16-9-7-14-11-15-8-10-17(21(4,5)6)13-19(15)18(14)12-16;1-2-6-12(7-3-1)15-11-10-13-8-4-5-9-14(13)15;;;;/h7-13H,1-6H3;1-11H;2*1H3;;/q4*-1;;. The summed E-state index contributed by atoms with van der Waals surface area (Å²) >= 11 is 1.36. The van der Waals surface area contributed by atoms with Gasteiger partial charge in [0.25, 0.3) is 0 Å². The van der Waals surface area contributed by atoms with Gasteiger partial charge in [-0.3, -0.25) is 0 Å². The van der Waals surface area contributed by atoms with Crippen LogP contribution in [-0.4, -0.2) is 6.88 Å². The van der Waals surface area contributed by atoms with Crippen LogP contribution in [0.25, 0.3) is 43.4 Å². The average Bonchev–Trinajstić information content (AvgIpc) is 3.50. The first-order chi connectivity index (χ1) is 18.1. The molecule has 0 aliphatic carbocycles. The number of hydrogen-bond donors (Lipinski definition) is 0. The Bertz CT molecular complexity index is 1580. The topological polar surface area (TPSA) is 0 Å². The molecule has 0 aromatic heterocycles. The number of rotatable bonds is 1. The van der Waals surface area contributed by atoms with Crippen molar-refractivity contribution in [3.63, 3.8) is 0 Å². The fourth-order valence-electron chi connectivity index (χ4n) is 4.95. The van der Waals surface area contributed by atoms with Gasteiger partial charge in [-0.05, 0) is 10.8 Å². The van der Waals surface area contributed by atoms with Gasteiger partial charge in [-0.15, -0.1) is 86.4 Å². The SMILES string of the molecule is CC(C)(C)c1ccc2[cH-]c3ccc(C(C)(C)C)cc3c2c1.[CH3-].[CH3-].[Si]=[Zr].c1ccc(-c2c[cH-]c3ccccc23)cc1. The Balaban J connectivity index is 0.000000262. The van der Waals surface area contributed by atoms with Gasteiger partial charge >= 0.3 is 30.2 Å². The molecule has 0 aliphatic rings.